The highest BCUT2D eigenvalue weighted by atomic mass is 16.7. The first-order valence-corrected chi connectivity index (χ1v) is 11.0. The summed E-state index contributed by atoms with van der Waals surface area (Å²) in [5, 5.41) is 15.2. The Kier molecular flexibility index (Phi) is 5.53. The molecule has 5 rings (SSSR count). The van der Waals surface area contributed by atoms with E-state index in [0.717, 1.165) is 12.8 Å². The first kappa shape index (κ1) is 21.4. The number of carbonyl (C=O) groups is 2. The van der Waals surface area contributed by atoms with Crippen LogP contribution in [0.5, 0.6) is 11.5 Å². The summed E-state index contributed by atoms with van der Waals surface area (Å²) in [5.41, 5.74) is 1.72. The lowest BCUT2D eigenvalue weighted by Crippen LogP contribution is -2.35. The van der Waals surface area contributed by atoms with E-state index in [-0.39, 0.29) is 47.9 Å². The molecule has 2 atom stereocenters. The lowest BCUT2D eigenvalue weighted by Gasteiger charge is -2.34. The number of nitro groups is 1. The number of hydrogen-bond acceptors (Lipinski definition) is 9. The number of benzene rings is 1. The quantitative estimate of drug-likeness (QED) is 0.404. The highest BCUT2D eigenvalue weighted by Gasteiger charge is 2.43. The van der Waals surface area contributed by atoms with Gasteiger partial charge in [0, 0.05) is 35.6 Å². The number of allylic oxidation sites excluding steroid dienone is 3. The molecule has 10 nitrogen and oxygen atoms in total. The van der Waals surface area contributed by atoms with E-state index in [9.17, 15) is 19.7 Å². The third-order valence-electron chi connectivity index (χ3n) is 6.45. The van der Waals surface area contributed by atoms with Gasteiger partial charge in [0.25, 0.3) is 5.69 Å². The van der Waals surface area contributed by atoms with Gasteiger partial charge in [0.15, 0.2) is 17.3 Å². The van der Waals surface area contributed by atoms with Gasteiger partial charge in [-0.2, -0.15) is 0 Å². The number of nitrogens with one attached hydrogen (secondary N) is 1. The summed E-state index contributed by atoms with van der Waals surface area (Å²) >= 11 is 0. The molecule has 1 aliphatic carbocycles. The molecule has 0 radical (unpaired) electrons. The lowest BCUT2D eigenvalue weighted by molar-refractivity contribution is -0.385. The number of ketones is 1. The van der Waals surface area contributed by atoms with Crippen molar-refractivity contribution in [3.05, 3.63) is 50.4 Å². The molecule has 0 spiro atoms. The summed E-state index contributed by atoms with van der Waals surface area (Å²) < 4.78 is 21.9. The molecule has 33 heavy (non-hydrogen) atoms. The highest BCUT2D eigenvalue weighted by Crippen LogP contribution is 2.48. The van der Waals surface area contributed by atoms with Crippen LogP contribution >= 0.6 is 0 Å². The Morgan fingerprint density at radius 3 is 2.76 bits per heavy atom. The molecule has 0 amide bonds. The third kappa shape index (κ3) is 3.84. The Balaban J connectivity index is 1.61. The minimum absolute atomic E-state index is 0.0554. The van der Waals surface area contributed by atoms with Crippen molar-refractivity contribution in [2.45, 2.75) is 51.0 Å². The molecule has 4 aliphatic rings. The fraction of sp³-hybridized carbons (Fsp3) is 0.478. The average molecular weight is 456 g/mol. The first-order chi connectivity index (χ1) is 15.9. The summed E-state index contributed by atoms with van der Waals surface area (Å²) in [6.07, 6.45) is 3.14. The van der Waals surface area contributed by atoms with E-state index < -0.39 is 16.8 Å². The number of carbonyl (C=O) groups excluding carboxylic acids is 2. The Morgan fingerprint density at radius 1 is 1.24 bits per heavy atom. The predicted molar refractivity (Wildman–Crippen MR) is 114 cm³/mol. The van der Waals surface area contributed by atoms with Crippen LogP contribution in [0.3, 0.4) is 0 Å². The van der Waals surface area contributed by atoms with Crippen LogP contribution in [0.2, 0.25) is 0 Å². The fourth-order valence-corrected chi connectivity index (χ4v) is 4.92. The molecule has 1 aromatic carbocycles. The number of ether oxygens (including phenoxy) is 4. The van der Waals surface area contributed by atoms with Crippen LogP contribution in [0.1, 0.15) is 50.5 Å². The summed E-state index contributed by atoms with van der Waals surface area (Å²) in [6, 6.07) is 2.79. The van der Waals surface area contributed by atoms with Crippen LogP contribution in [0.15, 0.2) is 34.7 Å². The Morgan fingerprint density at radius 2 is 2.03 bits per heavy atom. The van der Waals surface area contributed by atoms with E-state index in [1.54, 1.807) is 6.92 Å². The molecular weight excluding hydrogens is 432 g/mol. The second-order valence-electron chi connectivity index (χ2n) is 8.52. The molecule has 174 valence electrons. The van der Waals surface area contributed by atoms with Crippen LogP contribution in [0.25, 0.3) is 0 Å². The Bertz CT molecular complexity index is 1100. The Hall–Kier alpha value is -3.40. The van der Waals surface area contributed by atoms with Crippen LogP contribution in [0.4, 0.5) is 5.69 Å². The molecule has 1 fully saturated rings. The van der Waals surface area contributed by atoms with Crippen molar-refractivity contribution in [2.24, 2.45) is 0 Å². The van der Waals surface area contributed by atoms with Gasteiger partial charge in [-0.3, -0.25) is 14.9 Å². The summed E-state index contributed by atoms with van der Waals surface area (Å²) in [7, 11) is 0. The summed E-state index contributed by atoms with van der Waals surface area (Å²) in [4.78, 5) is 37.8. The molecule has 0 unspecified atom stereocenters. The van der Waals surface area contributed by atoms with E-state index in [1.807, 2.05) is 0 Å². The van der Waals surface area contributed by atoms with Crippen molar-refractivity contribution in [3.8, 4) is 11.5 Å². The summed E-state index contributed by atoms with van der Waals surface area (Å²) in [5.74, 6) is -1.12. The molecule has 0 bridgehead atoms. The van der Waals surface area contributed by atoms with Crippen molar-refractivity contribution in [1.29, 1.82) is 0 Å². The second kappa shape index (κ2) is 8.51. The normalized spacial score (nSPS) is 24.0. The maximum absolute atomic E-state index is 13.3. The van der Waals surface area contributed by atoms with Crippen LogP contribution in [-0.4, -0.2) is 42.8 Å². The predicted octanol–water partition coefficient (Wildman–Crippen LogP) is 3.01. The number of fused-ring (bicyclic) bond motifs is 1. The monoisotopic (exact) mass is 456 g/mol. The number of nitrogens with zero attached hydrogens (tertiary/aromatic N) is 1. The zero-order chi connectivity index (χ0) is 23.1. The maximum atomic E-state index is 13.3. The molecule has 3 heterocycles. The fourth-order valence-electron chi connectivity index (χ4n) is 4.92. The first-order valence-electron chi connectivity index (χ1n) is 11.0. The van der Waals surface area contributed by atoms with Gasteiger partial charge in [0.05, 0.1) is 28.6 Å². The molecule has 3 aliphatic heterocycles. The van der Waals surface area contributed by atoms with Gasteiger partial charge >= 0.3 is 5.97 Å². The highest BCUT2D eigenvalue weighted by molar-refractivity contribution is 6.04. The number of hydrogen-bond donors (Lipinski definition) is 1. The number of dihydropyridines is 1. The van der Waals surface area contributed by atoms with E-state index >= 15 is 0 Å². The zero-order valence-corrected chi connectivity index (χ0v) is 18.2. The van der Waals surface area contributed by atoms with Gasteiger partial charge < -0.3 is 24.3 Å². The Labute approximate surface area is 189 Å². The smallest absolute Gasteiger partial charge is 0.336 e. The van der Waals surface area contributed by atoms with Crippen molar-refractivity contribution in [3.63, 3.8) is 0 Å². The van der Waals surface area contributed by atoms with E-state index in [1.165, 1.54) is 12.1 Å². The largest absolute Gasteiger partial charge is 0.459 e. The molecule has 10 heteroatoms. The standard InChI is InChI=1S/C23H24N2O8/c1-12-20(23(27)31-10-13-4-3-7-30-13)21(22-15(24-12)5-2-6-17(22)26)14-8-18-19(33-11-32-18)9-16(14)25(28)29/h8-9,13,21,24H,2-7,10-11H2,1H3/t13-,21+/m0/s1. The number of rotatable bonds is 5. The SMILES string of the molecule is CC1=C(C(=O)OC[C@@H]2CCCO2)[C@@H](c2cc3c(cc2[N+](=O)[O-])OCO3)C2=C(CCCC2=O)N1. The van der Waals surface area contributed by atoms with E-state index in [0.29, 0.717) is 48.6 Å². The van der Waals surface area contributed by atoms with Gasteiger partial charge in [0.2, 0.25) is 6.79 Å². The molecular formula is C23H24N2O8. The van der Waals surface area contributed by atoms with Gasteiger partial charge in [0.1, 0.15) is 6.61 Å². The third-order valence-corrected chi connectivity index (χ3v) is 6.45. The summed E-state index contributed by atoms with van der Waals surface area (Å²) in [6.45, 7) is 2.38. The van der Waals surface area contributed by atoms with Gasteiger partial charge in [-0.15, -0.1) is 0 Å². The molecule has 0 aromatic heterocycles. The topological polar surface area (TPSA) is 126 Å². The van der Waals surface area contributed by atoms with E-state index in [2.05, 4.69) is 5.32 Å². The van der Waals surface area contributed by atoms with Gasteiger partial charge in [-0.05, 0) is 38.7 Å². The minimum atomic E-state index is -0.944. The zero-order valence-electron chi connectivity index (χ0n) is 18.2. The van der Waals surface area contributed by atoms with Crippen molar-refractivity contribution < 1.29 is 33.5 Å². The maximum Gasteiger partial charge on any atom is 0.336 e. The molecule has 1 N–H and O–H groups in total. The van der Waals surface area contributed by atoms with Crippen LogP contribution in [-0.2, 0) is 19.1 Å². The van der Waals surface area contributed by atoms with E-state index in [4.69, 9.17) is 18.9 Å². The number of esters is 1. The number of nitro benzene ring substituents is 1. The average Bonchev–Trinajstić information content (AvgIpc) is 3.47. The lowest BCUT2D eigenvalue weighted by atomic mass is 9.74. The van der Waals surface area contributed by atoms with Crippen LogP contribution in [0, 0.1) is 10.1 Å². The van der Waals surface area contributed by atoms with Crippen molar-refractivity contribution in [2.75, 3.05) is 20.0 Å². The molecule has 0 saturated carbocycles. The van der Waals surface area contributed by atoms with Crippen molar-refractivity contribution in [1.82, 2.24) is 5.32 Å². The molecule has 1 aromatic rings. The van der Waals surface area contributed by atoms with Gasteiger partial charge in [-0.1, -0.05) is 0 Å². The number of Topliss-reactive ketones (excluding diaryl/α,β-unsaturated/α-hetero) is 1. The van der Waals surface area contributed by atoms with Crippen LogP contribution < -0.4 is 14.8 Å². The van der Waals surface area contributed by atoms with Gasteiger partial charge in [-0.25, -0.2) is 4.79 Å². The minimum Gasteiger partial charge on any atom is -0.459 e. The molecule has 1 saturated heterocycles. The van der Waals surface area contributed by atoms with Crippen molar-refractivity contribution >= 4 is 17.4 Å². The second-order valence-corrected chi connectivity index (χ2v) is 8.52.